The lowest BCUT2D eigenvalue weighted by atomic mass is 9.85. The molecule has 1 aliphatic carbocycles. The van der Waals surface area contributed by atoms with Crippen molar-refractivity contribution in [2.24, 2.45) is 5.92 Å². The first-order valence-electron chi connectivity index (χ1n) is 10.6. The predicted octanol–water partition coefficient (Wildman–Crippen LogP) is 4.43. The van der Waals surface area contributed by atoms with Crippen LogP contribution in [0.3, 0.4) is 0 Å². The zero-order valence-electron chi connectivity index (χ0n) is 18.4. The normalized spacial score (nSPS) is 18.7. The van der Waals surface area contributed by atoms with Crippen LogP contribution in [0, 0.1) is 16.0 Å². The fourth-order valence-electron chi connectivity index (χ4n) is 3.88. The van der Waals surface area contributed by atoms with E-state index in [2.05, 4.69) is 44.3 Å². The van der Waals surface area contributed by atoms with Gasteiger partial charge in [-0.15, -0.1) is 13.2 Å². The second-order valence-electron chi connectivity index (χ2n) is 8.21. The maximum Gasteiger partial charge on any atom is 0.573 e. The Labute approximate surface area is 189 Å². The van der Waals surface area contributed by atoms with E-state index in [0.29, 0.717) is 18.5 Å². The van der Waals surface area contributed by atoms with Crippen LogP contribution >= 0.6 is 0 Å². The molecule has 33 heavy (non-hydrogen) atoms. The van der Waals surface area contributed by atoms with Crippen LogP contribution in [0.5, 0.6) is 5.75 Å². The molecule has 3 rings (SSSR count). The van der Waals surface area contributed by atoms with Gasteiger partial charge in [0.05, 0.1) is 4.92 Å². The van der Waals surface area contributed by atoms with Gasteiger partial charge in [0.25, 0.3) is 0 Å². The average Bonchev–Trinajstić information content (AvgIpc) is 2.76. The second-order valence-corrected chi connectivity index (χ2v) is 8.21. The number of nitro groups is 1. The summed E-state index contributed by atoms with van der Waals surface area (Å²) in [7, 11) is 4.13. The number of halogens is 3. The topological polar surface area (TPSA) is 105 Å². The quantitative estimate of drug-likeness (QED) is 0.411. The fraction of sp³-hybridized carbons (Fsp3) is 0.524. The molecule has 0 bridgehead atoms. The van der Waals surface area contributed by atoms with E-state index >= 15 is 0 Å². The van der Waals surface area contributed by atoms with E-state index in [4.69, 9.17) is 0 Å². The molecule has 0 aliphatic heterocycles. The third-order valence-electron chi connectivity index (χ3n) is 5.71. The summed E-state index contributed by atoms with van der Waals surface area (Å²) in [5, 5.41) is 17.3. The van der Waals surface area contributed by atoms with Crippen molar-refractivity contribution in [3.8, 4) is 5.75 Å². The molecule has 9 nitrogen and oxygen atoms in total. The van der Waals surface area contributed by atoms with Gasteiger partial charge in [-0.05, 0) is 51.8 Å². The molecule has 0 saturated heterocycles. The van der Waals surface area contributed by atoms with Crippen molar-refractivity contribution in [2.75, 3.05) is 31.3 Å². The highest BCUT2D eigenvalue weighted by atomic mass is 19.4. The van der Waals surface area contributed by atoms with Crippen LogP contribution in [0.25, 0.3) is 0 Å². The van der Waals surface area contributed by atoms with Crippen LogP contribution < -0.4 is 15.4 Å². The molecule has 1 fully saturated rings. The van der Waals surface area contributed by atoms with Crippen molar-refractivity contribution in [3.63, 3.8) is 0 Å². The number of nitrogens with one attached hydrogen (secondary N) is 2. The number of para-hydroxylation sites is 1. The molecule has 1 aromatic heterocycles. The minimum absolute atomic E-state index is 0.0567. The number of anilines is 2. The van der Waals surface area contributed by atoms with E-state index in [0.717, 1.165) is 31.9 Å². The number of rotatable bonds is 9. The summed E-state index contributed by atoms with van der Waals surface area (Å²) in [6, 6.07) is 6.24. The minimum Gasteiger partial charge on any atom is -0.405 e. The molecule has 0 amide bonds. The van der Waals surface area contributed by atoms with Crippen molar-refractivity contribution >= 4 is 17.5 Å². The molecule has 1 saturated carbocycles. The zero-order valence-corrected chi connectivity index (χ0v) is 18.4. The zero-order chi connectivity index (χ0) is 24.0. The number of aromatic nitrogens is 2. The number of ether oxygens (including phenoxy) is 1. The first kappa shape index (κ1) is 24.5. The Balaban J connectivity index is 1.65. The number of hydrogen-bond donors (Lipinski definition) is 2. The van der Waals surface area contributed by atoms with E-state index in [1.807, 2.05) is 0 Å². The maximum absolute atomic E-state index is 12.6. The maximum atomic E-state index is 12.6. The predicted molar refractivity (Wildman–Crippen MR) is 117 cm³/mol. The molecule has 0 atom stereocenters. The van der Waals surface area contributed by atoms with E-state index in [1.54, 1.807) is 6.07 Å². The van der Waals surface area contributed by atoms with Gasteiger partial charge in [0.2, 0.25) is 11.8 Å². The van der Waals surface area contributed by atoms with Crippen molar-refractivity contribution in [2.45, 2.75) is 44.6 Å². The van der Waals surface area contributed by atoms with Gasteiger partial charge in [-0.2, -0.15) is 4.98 Å². The van der Waals surface area contributed by atoms with E-state index < -0.39 is 11.3 Å². The van der Waals surface area contributed by atoms with E-state index in [9.17, 15) is 23.3 Å². The number of hydrogen-bond acceptors (Lipinski definition) is 8. The molecule has 0 spiro atoms. The summed E-state index contributed by atoms with van der Waals surface area (Å²) >= 11 is 0. The number of alkyl halides is 3. The molecule has 1 aliphatic rings. The summed E-state index contributed by atoms with van der Waals surface area (Å²) < 4.78 is 41.9. The highest BCUT2D eigenvalue weighted by Gasteiger charge is 2.32. The molecule has 1 heterocycles. The number of benzene rings is 1. The summed E-state index contributed by atoms with van der Waals surface area (Å²) in [6.07, 6.45) is 0.419. The molecule has 1 aromatic carbocycles. The Morgan fingerprint density at radius 1 is 1.18 bits per heavy atom. The first-order valence-corrected chi connectivity index (χ1v) is 10.6. The summed E-state index contributed by atoms with van der Waals surface area (Å²) in [6.45, 7) is 0.484. The van der Waals surface area contributed by atoms with Crippen LogP contribution in [0.15, 0.2) is 30.5 Å². The Hall–Kier alpha value is -3.15. The molecule has 180 valence electrons. The second kappa shape index (κ2) is 10.6. The molecule has 12 heteroatoms. The van der Waals surface area contributed by atoms with Crippen LogP contribution in [0.2, 0.25) is 0 Å². The van der Waals surface area contributed by atoms with Crippen LogP contribution in [-0.4, -0.2) is 52.8 Å². The Morgan fingerprint density at radius 3 is 2.52 bits per heavy atom. The van der Waals surface area contributed by atoms with E-state index in [-0.39, 0.29) is 35.3 Å². The lowest BCUT2D eigenvalue weighted by Gasteiger charge is -2.32. The van der Waals surface area contributed by atoms with Crippen molar-refractivity contribution in [1.29, 1.82) is 0 Å². The van der Waals surface area contributed by atoms with Gasteiger partial charge in [0, 0.05) is 24.7 Å². The molecule has 0 unspecified atom stereocenters. The highest BCUT2D eigenvalue weighted by molar-refractivity contribution is 5.57. The van der Waals surface area contributed by atoms with Gasteiger partial charge in [0.1, 0.15) is 11.9 Å². The summed E-state index contributed by atoms with van der Waals surface area (Å²) in [5.74, 6) is 0.165. The van der Waals surface area contributed by atoms with Crippen molar-refractivity contribution < 1.29 is 22.8 Å². The lowest BCUT2D eigenvalue weighted by molar-refractivity contribution is -0.384. The van der Waals surface area contributed by atoms with Crippen molar-refractivity contribution in [1.82, 2.24) is 14.9 Å². The third-order valence-corrected chi connectivity index (χ3v) is 5.71. The van der Waals surface area contributed by atoms with Crippen LogP contribution in [0.1, 0.15) is 31.2 Å². The summed E-state index contributed by atoms with van der Waals surface area (Å²) in [4.78, 5) is 21.2. The minimum atomic E-state index is -4.82. The molecule has 2 N–H and O–H groups in total. The molecular weight excluding hydrogens is 441 g/mol. The fourth-order valence-corrected chi connectivity index (χ4v) is 3.88. The Morgan fingerprint density at radius 2 is 1.88 bits per heavy atom. The van der Waals surface area contributed by atoms with Gasteiger partial charge >= 0.3 is 12.0 Å². The van der Waals surface area contributed by atoms with Gasteiger partial charge in [-0.3, -0.25) is 10.1 Å². The van der Waals surface area contributed by atoms with Crippen molar-refractivity contribution in [3.05, 3.63) is 46.1 Å². The van der Waals surface area contributed by atoms with Gasteiger partial charge in [0.15, 0.2) is 0 Å². The van der Waals surface area contributed by atoms with Gasteiger partial charge < -0.3 is 20.3 Å². The first-order chi connectivity index (χ1) is 15.6. The molecule has 0 radical (unpaired) electrons. The standard InChI is InChI=1S/C21H27F3N6O3/c1-29(2)16-9-7-14(8-10-16)11-25-19-17(30(31)32)13-27-20(28-19)26-12-15-5-3-4-6-18(15)33-21(22,23)24/h3-6,13-14,16H,7-12H2,1-2H3,(H2,25,26,27,28)/t14-,16-. The largest absolute Gasteiger partial charge is 0.573 e. The smallest absolute Gasteiger partial charge is 0.405 e. The van der Waals surface area contributed by atoms with E-state index in [1.165, 1.54) is 18.2 Å². The van der Waals surface area contributed by atoms with Gasteiger partial charge in [-0.1, -0.05) is 18.2 Å². The Bertz CT molecular complexity index is 949. The van der Waals surface area contributed by atoms with Gasteiger partial charge in [-0.25, -0.2) is 4.98 Å². The molecule has 2 aromatic rings. The Kier molecular flexibility index (Phi) is 7.90. The lowest BCUT2D eigenvalue weighted by Crippen LogP contribution is -2.33. The summed E-state index contributed by atoms with van der Waals surface area (Å²) in [5.41, 5.74) is -0.0210. The van der Waals surface area contributed by atoms with Crippen LogP contribution in [-0.2, 0) is 6.54 Å². The SMILES string of the molecule is CN(C)[C@H]1CC[C@H](CNc2nc(NCc3ccccc3OC(F)(F)F)ncc2[N+](=O)[O-])CC1. The van der Waals surface area contributed by atoms with Crippen LogP contribution in [0.4, 0.5) is 30.6 Å². The number of nitrogens with zero attached hydrogens (tertiary/aromatic N) is 4. The highest BCUT2D eigenvalue weighted by Crippen LogP contribution is 2.29. The monoisotopic (exact) mass is 468 g/mol. The third kappa shape index (κ3) is 7.17. The average molecular weight is 468 g/mol. The molecular formula is C21H27F3N6O3.